The van der Waals surface area contributed by atoms with Gasteiger partial charge in [-0.1, -0.05) is 18.6 Å². The van der Waals surface area contributed by atoms with Crippen molar-refractivity contribution in [1.29, 1.82) is 0 Å². The minimum atomic E-state index is -0.00790. The first-order valence-electron chi connectivity index (χ1n) is 10.7. The van der Waals surface area contributed by atoms with Crippen molar-refractivity contribution in [3.05, 3.63) is 51.4 Å². The molecule has 3 heterocycles. The number of thioether (sulfide) groups is 1. The van der Waals surface area contributed by atoms with Crippen molar-refractivity contribution in [2.24, 2.45) is 0 Å². The number of ether oxygens (including phenoxy) is 1. The largest absolute Gasteiger partial charge is 0.494 e. The molecule has 0 aliphatic carbocycles. The van der Waals surface area contributed by atoms with E-state index >= 15 is 0 Å². The van der Waals surface area contributed by atoms with Crippen LogP contribution in [0.2, 0.25) is 0 Å². The summed E-state index contributed by atoms with van der Waals surface area (Å²) in [5, 5.41) is 3.23. The number of aryl methyl sites for hydroxylation is 1. The molecule has 0 spiro atoms. The molecular weight excluding hydrogens is 384 g/mol. The maximum absolute atomic E-state index is 12.2. The standard InChI is InChI=1S/C22H30N4O2S/c27-21-19-16-29-13-8-20(19)24-22(25-21)23-9-5-12-28-18-7-4-6-17(14-18)15-26-10-2-1-3-11-26/h4,6-7,14H,1-3,5,8-13,15-16H2,(H2,23,24,25,27). The summed E-state index contributed by atoms with van der Waals surface area (Å²) in [5.41, 5.74) is 3.08. The van der Waals surface area contributed by atoms with Gasteiger partial charge in [-0.25, -0.2) is 4.98 Å². The van der Waals surface area contributed by atoms with E-state index in [-0.39, 0.29) is 5.56 Å². The number of likely N-dealkylation sites (tertiary alicyclic amines) is 1. The fourth-order valence-corrected chi connectivity index (χ4v) is 4.89. The van der Waals surface area contributed by atoms with Gasteiger partial charge >= 0.3 is 0 Å². The van der Waals surface area contributed by atoms with Gasteiger partial charge < -0.3 is 10.1 Å². The lowest BCUT2D eigenvalue weighted by Gasteiger charge is -2.26. The zero-order valence-electron chi connectivity index (χ0n) is 16.9. The summed E-state index contributed by atoms with van der Waals surface area (Å²) >= 11 is 1.79. The van der Waals surface area contributed by atoms with E-state index in [1.165, 1.54) is 37.9 Å². The Morgan fingerprint density at radius 1 is 1.24 bits per heavy atom. The van der Waals surface area contributed by atoms with Crippen molar-refractivity contribution >= 4 is 17.7 Å². The van der Waals surface area contributed by atoms with Gasteiger partial charge in [-0.15, -0.1) is 0 Å². The molecule has 156 valence electrons. The quantitative estimate of drug-likeness (QED) is 0.645. The van der Waals surface area contributed by atoms with Crippen molar-refractivity contribution in [3.63, 3.8) is 0 Å². The number of nitrogens with one attached hydrogen (secondary N) is 2. The van der Waals surface area contributed by atoms with Gasteiger partial charge in [-0.05, 0) is 62.2 Å². The molecular formula is C22H30N4O2S. The molecule has 7 heteroatoms. The number of fused-ring (bicyclic) bond motifs is 1. The van der Waals surface area contributed by atoms with E-state index in [1.807, 2.05) is 6.07 Å². The van der Waals surface area contributed by atoms with E-state index in [0.29, 0.717) is 19.1 Å². The van der Waals surface area contributed by atoms with Gasteiger partial charge in [0.05, 0.1) is 12.3 Å². The molecule has 1 aromatic carbocycles. The fraction of sp³-hybridized carbons (Fsp3) is 0.545. The van der Waals surface area contributed by atoms with Gasteiger partial charge in [0.25, 0.3) is 5.56 Å². The highest BCUT2D eigenvalue weighted by Gasteiger charge is 2.15. The Labute approximate surface area is 176 Å². The number of aromatic nitrogens is 2. The van der Waals surface area contributed by atoms with E-state index < -0.39 is 0 Å². The zero-order chi connectivity index (χ0) is 19.9. The van der Waals surface area contributed by atoms with Crippen LogP contribution >= 0.6 is 11.8 Å². The number of rotatable bonds is 8. The molecule has 1 saturated heterocycles. The minimum Gasteiger partial charge on any atom is -0.494 e. The lowest BCUT2D eigenvalue weighted by atomic mass is 10.1. The Balaban J connectivity index is 1.21. The highest BCUT2D eigenvalue weighted by atomic mass is 32.2. The van der Waals surface area contributed by atoms with Crippen molar-refractivity contribution < 1.29 is 4.74 Å². The Hall–Kier alpha value is -1.99. The SMILES string of the molecule is O=c1[nH]c(NCCCOc2cccc(CN3CCCCC3)c2)nc2c1CSCC2. The average molecular weight is 415 g/mol. The Morgan fingerprint density at radius 2 is 2.14 bits per heavy atom. The third-order valence-corrected chi connectivity index (χ3v) is 6.45. The molecule has 0 radical (unpaired) electrons. The molecule has 4 rings (SSSR count). The van der Waals surface area contributed by atoms with Crippen LogP contribution in [-0.4, -0.2) is 46.9 Å². The van der Waals surface area contributed by atoms with Gasteiger partial charge in [-0.3, -0.25) is 14.7 Å². The first-order valence-corrected chi connectivity index (χ1v) is 11.8. The first-order chi connectivity index (χ1) is 14.3. The predicted octanol–water partition coefficient (Wildman–Crippen LogP) is 3.43. The van der Waals surface area contributed by atoms with Crippen LogP contribution in [0.3, 0.4) is 0 Å². The highest BCUT2D eigenvalue weighted by molar-refractivity contribution is 7.98. The van der Waals surface area contributed by atoms with Crippen molar-refractivity contribution in [2.45, 2.75) is 44.4 Å². The Kier molecular flexibility index (Phi) is 7.11. The minimum absolute atomic E-state index is 0.00790. The molecule has 2 aliphatic rings. The number of benzene rings is 1. The van der Waals surface area contributed by atoms with Crippen LogP contribution in [-0.2, 0) is 18.7 Å². The summed E-state index contributed by atoms with van der Waals surface area (Å²) in [5.74, 6) is 3.30. The molecule has 1 fully saturated rings. The highest BCUT2D eigenvalue weighted by Crippen LogP contribution is 2.21. The van der Waals surface area contributed by atoms with Crippen LogP contribution in [0.4, 0.5) is 5.95 Å². The zero-order valence-corrected chi connectivity index (χ0v) is 17.7. The molecule has 1 aromatic heterocycles. The van der Waals surface area contributed by atoms with Crippen LogP contribution in [0, 0.1) is 0 Å². The summed E-state index contributed by atoms with van der Waals surface area (Å²) < 4.78 is 5.93. The topological polar surface area (TPSA) is 70.2 Å². The van der Waals surface area contributed by atoms with Gasteiger partial charge in [0.15, 0.2) is 0 Å². The monoisotopic (exact) mass is 414 g/mol. The summed E-state index contributed by atoms with van der Waals surface area (Å²) in [7, 11) is 0. The molecule has 2 N–H and O–H groups in total. The maximum Gasteiger partial charge on any atom is 0.256 e. The lowest BCUT2D eigenvalue weighted by molar-refractivity contribution is 0.220. The van der Waals surface area contributed by atoms with E-state index in [4.69, 9.17) is 4.74 Å². The van der Waals surface area contributed by atoms with Gasteiger partial charge in [0, 0.05) is 24.4 Å². The van der Waals surface area contributed by atoms with Crippen LogP contribution in [0.5, 0.6) is 5.75 Å². The summed E-state index contributed by atoms with van der Waals surface area (Å²) in [6, 6.07) is 8.43. The molecule has 2 aromatic rings. The normalized spacial score (nSPS) is 17.0. The summed E-state index contributed by atoms with van der Waals surface area (Å²) in [4.78, 5) is 22.1. The van der Waals surface area contributed by atoms with Crippen LogP contribution < -0.4 is 15.6 Å². The molecule has 0 unspecified atom stereocenters. The van der Waals surface area contributed by atoms with E-state index in [9.17, 15) is 4.79 Å². The van der Waals surface area contributed by atoms with Gasteiger partial charge in [-0.2, -0.15) is 11.8 Å². The molecule has 0 bridgehead atoms. The number of nitrogens with zero attached hydrogens (tertiary/aromatic N) is 2. The number of H-pyrrole nitrogens is 1. The third kappa shape index (κ3) is 5.76. The lowest BCUT2D eigenvalue weighted by Crippen LogP contribution is -2.29. The smallest absolute Gasteiger partial charge is 0.256 e. The van der Waals surface area contributed by atoms with Crippen LogP contribution in [0.1, 0.15) is 42.5 Å². The second-order valence-electron chi connectivity index (χ2n) is 7.76. The van der Waals surface area contributed by atoms with Crippen molar-refractivity contribution in [1.82, 2.24) is 14.9 Å². The molecule has 6 nitrogen and oxygen atoms in total. The Bertz CT molecular complexity index is 864. The van der Waals surface area contributed by atoms with Crippen LogP contribution in [0.15, 0.2) is 29.1 Å². The van der Waals surface area contributed by atoms with Crippen molar-refractivity contribution in [3.8, 4) is 5.75 Å². The first kappa shape index (κ1) is 20.3. The maximum atomic E-state index is 12.2. The second kappa shape index (κ2) is 10.2. The average Bonchev–Trinajstić information content (AvgIpc) is 2.75. The number of hydrogen-bond donors (Lipinski definition) is 2. The number of piperidine rings is 1. The molecule has 29 heavy (non-hydrogen) atoms. The Morgan fingerprint density at radius 3 is 3.03 bits per heavy atom. The van der Waals surface area contributed by atoms with Crippen molar-refractivity contribution in [2.75, 3.05) is 37.3 Å². The summed E-state index contributed by atoms with van der Waals surface area (Å²) in [6.45, 7) is 4.76. The molecule has 2 aliphatic heterocycles. The molecule has 0 saturated carbocycles. The molecule has 0 atom stereocenters. The fourth-order valence-electron chi connectivity index (χ4n) is 3.91. The van der Waals surface area contributed by atoms with Gasteiger partial charge in [0.1, 0.15) is 5.75 Å². The molecule has 0 amide bonds. The second-order valence-corrected chi connectivity index (χ2v) is 8.86. The van der Waals surface area contributed by atoms with E-state index in [0.717, 1.165) is 47.9 Å². The van der Waals surface area contributed by atoms with Gasteiger partial charge in [0.2, 0.25) is 5.95 Å². The number of aromatic amines is 1. The predicted molar refractivity (Wildman–Crippen MR) is 119 cm³/mol. The third-order valence-electron chi connectivity index (χ3n) is 5.47. The van der Waals surface area contributed by atoms with E-state index in [1.54, 1.807) is 11.8 Å². The summed E-state index contributed by atoms with van der Waals surface area (Å²) in [6.07, 6.45) is 5.70. The number of hydrogen-bond acceptors (Lipinski definition) is 6. The van der Waals surface area contributed by atoms with Crippen LogP contribution in [0.25, 0.3) is 0 Å². The van der Waals surface area contributed by atoms with E-state index in [2.05, 4.69) is 38.4 Å². The number of anilines is 1.